The molecule has 0 spiro atoms. The molecule has 0 aromatic heterocycles. The largest absolute Gasteiger partial charge is 0.320 e. The molecule has 0 saturated heterocycles. The van der Waals surface area contributed by atoms with Gasteiger partial charge >= 0.3 is 0 Å². The molecule has 1 unspecified atom stereocenters. The summed E-state index contributed by atoms with van der Waals surface area (Å²) in [6, 6.07) is 0. The number of unbranched alkanes of at least 4 members (excludes halogenated alkanes) is 1. The van der Waals surface area contributed by atoms with E-state index in [0.29, 0.717) is 5.82 Å². The van der Waals surface area contributed by atoms with E-state index in [9.17, 15) is 0 Å². The highest BCUT2D eigenvalue weighted by atomic mass is 14.8. The minimum atomic E-state index is 0.377. The molecule has 1 N–H and O–H groups in total. The molecule has 0 aliphatic carbocycles. The predicted octanol–water partition coefficient (Wildman–Crippen LogP) is 1.35. The van der Waals surface area contributed by atoms with Gasteiger partial charge in [0.1, 0.15) is 0 Å². The highest BCUT2D eigenvalue weighted by Crippen LogP contribution is 2.07. The van der Waals surface area contributed by atoms with Gasteiger partial charge in [0.25, 0.3) is 0 Å². The zero-order valence-corrected chi connectivity index (χ0v) is 6.48. The monoisotopic (exact) mass is 125 g/mol. The maximum Gasteiger partial charge on any atom is 0.0695 e. The fourth-order valence-electron chi connectivity index (χ4n) is 0.768. The summed E-state index contributed by atoms with van der Waals surface area (Å²) in [7, 11) is 7.53. The van der Waals surface area contributed by atoms with Crippen molar-refractivity contribution in [1.29, 1.82) is 0 Å². The average Bonchev–Trinajstić information content (AvgIpc) is 1.80. The van der Waals surface area contributed by atoms with Gasteiger partial charge in [-0.05, 0) is 20.0 Å². The molecule has 0 bridgehead atoms. The third-order valence-corrected chi connectivity index (χ3v) is 1.34. The smallest absolute Gasteiger partial charge is 0.0695 e. The summed E-state index contributed by atoms with van der Waals surface area (Å²) < 4.78 is 0. The second-order valence-corrected chi connectivity index (χ2v) is 2.58. The van der Waals surface area contributed by atoms with Gasteiger partial charge in [-0.3, -0.25) is 0 Å². The first-order chi connectivity index (χ1) is 4.27. The summed E-state index contributed by atoms with van der Waals surface area (Å²) in [6.45, 7) is 3.17. The standard InChI is InChI=1S/C7H16BN/c1-7(8)5-3-4-6-9-2/h7,9H,3-6H2,1-2H3. The molecule has 2 heteroatoms. The molecule has 0 aliphatic rings. The van der Waals surface area contributed by atoms with Crippen LogP contribution in [0.1, 0.15) is 26.2 Å². The number of hydrogen-bond donors (Lipinski definition) is 1. The van der Waals surface area contributed by atoms with E-state index in [1.54, 1.807) is 0 Å². The van der Waals surface area contributed by atoms with Crippen LogP contribution in [0.3, 0.4) is 0 Å². The van der Waals surface area contributed by atoms with Gasteiger partial charge in [0.15, 0.2) is 0 Å². The fraction of sp³-hybridized carbons (Fsp3) is 1.00. The van der Waals surface area contributed by atoms with Crippen LogP contribution in [0.5, 0.6) is 0 Å². The van der Waals surface area contributed by atoms with Crippen molar-refractivity contribution in [1.82, 2.24) is 5.32 Å². The van der Waals surface area contributed by atoms with Gasteiger partial charge in [0, 0.05) is 0 Å². The Labute approximate surface area is 59.6 Å². The van der Waals surface area contributed by atoms with Crippen molar-refractivity contribution in [3.05, 3.63) is 0 Å². The van der Waals surface area contributed by atoms with Crippen LogP contribution in [0.15, 0.2) is 0 Å². The van der Waals surface area contributed by atoms with Gasteiger partial charge in [-0.25, -0.2) is 0 Å². The third-order valence-electron chi connectivity index (χ3n) is 1.34. The van der Waals surface area contributed by atoms with Crippen molar-refractivity contribution in [2.24, 2.45) is 0 Å². The van der Waals surface area contributed by atoms with Crippen LogP contribution in [0.4, 0.5) is 0 Å². The lowest BCUT2D eigenvalue weighted by Gasteiger charge is -2.02. The van der Waals surface area contributed by atoms with Gasteiger partial charge in [0.05, 0.1) is 7.85 Å². The minimum Gasteiger partial charge on any atom is -0.320 e. The summed E-state index contributed by atoms with van der Waals surface area (Å²) in [6.07, 6.45) is 3.65. The second-order valence-electron chi connectivity index (χ2n) is 2.58. The molecule has 0 amide bonds. The lowest BCUT2D eigenvalue weighted by Crippen LogP contribution is -2.07. The molecular formula is C7H16BN. The molecule has 0 aromatic rings. The third kappa shape index (κ3) is 8.02. The van der Waals surface area contributed by atoms with Crippen molar-refractivity contribution in [2.75, 3.05) is 13.6 Å². The van der Waals surface area contributed by atoms with Crippen molar-refractivity contribution in [2.45, 2.75) is 32.0 Å². The normalized spacial score (nSPS) is 13.6. The summed E-state index contributed by atoms with van der Waals surface area (Å²) in [5.41, 5.74) is 0. The van der Waals surface area contributed by atoms with E-state index in [1.165, 1.54) is 12.8 Å². The molecular weight excluding hydrogens is 109 g/mol. The Morgan fingerprint density at radius 2 is 2.11 bits per heavy atom. The first-order valence-corrected chi connectivity index (χ1v) is 3.67. The predicted molar refractivity (Wildman–Crippen MR) is 43.0 cm³/mol. The Morgan fingerprint density at radius 3 is 2.56 bits per heavy atom. The quantitative estimate of drug-likeness (QED) is 0.432. The summed E-state index contributed by atoms with van der Waals surface area (Å²) in [5.74, 6) is 0.377. The van der Waals surface area contributed by atoms with Gasteiger partial charge in [0.2, 0.25) is 0 Å². The molecule has 0 saturated carbocycles. The Balaban J connectivity index is 2.75. The van der Waals surface area contributed by atoms with Gasteiger partial charge in [-0.1, -0.05) is 25.6 Å². The molecule has 0 rings (SSSR count). The van der Waals surface area contributed by atoms with E-state index in [4.69, 9.17) is 7.85 Å². The van der Waals surface area contributed by atoms with Crippen molar-refractivity contribution < 1.29 is 0 Å². The van der Waals surface area contributed by atoms with Crippen LogP contribution < -0.4 is 5.32 Å². The number of rotatable bonds is 5. The van der Waals surface area contributed by atoms with Gasteiger partial charge in [-0.15, -0.1) is 0 Å². The number of hydrogen-bond acceptors (Lipinski definition) is 1. The molecule has 1 nitrogen and oxygen atoms in total. The molecule has 2 radical (unpaired) electrons. The minimum absolute atomic E-state index is 0.377. The van der Waals surface area contributed by atoms with Crippen LogP contribution in [0.2, 0.25) is 5.82 Å². The Morgan fingerprint density at radius 1 is 1.44 bits per heavy atom. The van der Waals surface area contributed by atoms with E-state index in [0.717, 1.165) is 13.0 Å². The SMILES string of the molecule is [B]C(C)CCCCNC. The topological polar surface area (TPSA) is 12.0 Å². The van der Waals surface area contributed by atoms with Crippen LogP contribution in [0.25, 0.3) is 0 Å². The molecule has 52 valence electrons. The van der Waals surface area contributed by atoms with E-state index in [1.807, 2.05) is 7.05 Å². The van der Waals surface area contributed by atoms with E-state index < -0.39 is 0 Å². The molecule has 1 atom stereocenters. The van der Waals surface area contributed by atoms with Crippen molar-refractivity contribution >= 4 is 7.85 Å². The molecule has 9 heavy (non-hydrogen) atoms. The molecule has 0 aromatic carbocycles. The van der Waals surface area contributed by atoms with Crippen molar-refractivity contribution in [3.8, 4) is 0 Å². The Hall–Kier alpha value is 0.0249. The maximum absolute atomic E-state index is 5.55. The van der Waals surface area contributed by atoms with E-state index in [2.05, 4.69) is 12.2 Å². The first kappa shape index (κ1) is 9.02. The van der Waals surface area contributed by atoms with Crippen LogP contribution in [-0.2, 0) is 0 Å². The second kappa shape index (κ2) is 6.15. The van der Waals surface area contributed by atoms with Gasteiger partial charge in [-0.2, -0.15) is 0 Å². The highest BCUT2D eigenvalue weighted by molar-refractivity contribution is 6.11. The first-order valence-electron chi connectivity index (χ1n) is 3.67. The average molecular weight is 125 g/mol. The van der Waals surface area contributed by atoms with Crippen LogP contribution >= 0.6 is 0 Å². The fourth-order valence-corrected chi connectivity index (χ4v) is 0.768. The molecule has 0 heterocycles. The number of nitrogens with one attached hydrogen (secondary N) is 1. The molecule has 0 fully saturated rings. The van der Waals surface area contributed by atoms with Crippen LogP contribution in [0, 0.1) is 0 Å². The van der Waals surface area contributed by atoms with E-state index >= 15 is 0 Å². The summed E-state index contributed by atoms with van der Waals surface area (Å²) in [5, 5.41) is 3.10. The lowest BCUT2D eigenvalue weighted by molar-refractivity contribution is 0.634. The Kier molecular flexibility index (Phi) is 6.17. The summed E-state index contributed by atoms with van der Waals surface area (Å²) >= 11 is 0. The zero-order valence-electron chi connectivity index (χ0n) is 6.48. The van der Waals surface area contributed by atoms with Gasteiger partial charge < -0.3 is 5.32 Å². The van der Waals surface area contributed by atoms with Crippen LogP contribution in [-0.4, -0.2) is 21.4 Å². The van der Waals surface area contributed by atoms with Crippen molar-refractivity contribution in [3.63, 3.8) is 0 Å². The highest BCUT2D eigenvalue weighted by Gasteiger charge is 1.91. The lowest BCUT2D eigenvalue weighted by atomic mass is 9.85. The zero-order chi connectivity index (χ0) is 7.11. The summed E-state index contributed by atoms with van der Waals surface area (Å²) in [4.78, 5) is 0. The Bertz CT molecular complexity index is 54.9. The van der Waals surface area contributed by atoms with E-state index in [-0.39, 0.29) is 0 Å². The maximum atomic E-state index is 5.55. The molecule has 0 aliphatic heterocycles.